The molecular weight excluding hydrogens is 219 g/mol. The maximum atomic E-state index is 13.1. The molecule has 0 radical (unpaired) electrons. The second kappa shape index (κ2) is 3.26. The molecule has 6 nitrogen and oxygen atoms in total. The van der Waals surface area contributed by atoms with Gasteiger partial charge in [-0.1, -0.05) is 0 Å². The van der Waals surface area contributed by atoms with E-state index in [4.69, 9.17) is 14.6 Å². The van der Waals surface area contributed by atoms with Crippen molar-refractivity contribution >= 4 is 0 Å². The topological polar surface area (TPSA) is 73.6 Å². The van der Waals surface area contributed by atoms with E-state index in [1.807, 2.05) is 0 Å². The predicted octanol–water partition coefficient (Wildman–Crippen LogP) is -0.577. The Labute approximate surface area is 89.2 Å². The van der Waals surface area contributed by atoms with Gasteiger partial charge < -0.3 is 14.6 Å². The predicted molar refractivity (Wildman–Crippen MR) is 48.5 cm³/mol. The monoisotopic (exact) mass is 228 g/mol. The van der Waals surface area contributed by atoms with Crippen LogP contribution in [0.4, 0.5) is 4.39 Å². The van der Waals surface area contributed by atoms with Crippen molar-refractivity contribution in [3.63, 3.8) is 0 Å². The van der Waals surface area contributed by atoms with E-state index >= 15 is 0 Å². The summed E-state index contributed by atoms with van der Waals surface area (Å²) in [5.41, 5.74) is -0.951. The lowest BCUT2D eigenvalue weighted by Gasteiger charge is -2.23. The van der Waals surface area contributed by atoms with E-state index in [2.05, 4.69) is 4.98 Å². The van der Waals surface area contributed by atoms with Crippen LogP contribution in [0.3, 0.4) is 0 Å². The Balaban J connectivity index is 2.06. The Hall–Kier alpha value is -1.47. The van der Waals surface area contributed by atoms with Crippen molar-refractivity contribution in [3.05, 3.63) is 22.4 Å². The zero-order valence-corrected chi connectivity index (χ0v) is 8.17. The fourth-order valence-corrected chi connectivity index (χ4v) is 2.02. The Morgan fingerprint density at radius 1 is 1.69 bits per heavy atom. The van der Waals surface area contributed by atoms with Gasteiger partial charge in [-0.2, -0.15) is 9.37 Å². The van der Waals surface area contributed by atoms with Crippen LogP contribution in [-0.4, -0.2) is 33.5 Å². The van der Waals surface area contributed by atoms with E-state index in [-0.39, 0.29) is 18.7 Å². The summed E-state index contributed by atoms with van der Waals surface area (Å²) in [5.74, 6) is -0.943. The van der Waals surface area contributed by atoms with Crippen LogP contribution in [0.25, 0.3) is 0 Å². The molecule has 2 bridgehead atoms. The van der Waals surface area contributed by atoms with Crippen LogP contribution >= 0.6 is 0 Å². The molecule has 1 aromatic rings. The summed E-state index contributed by atoms with van der Waals surface area (Å²) < 4.78 is 25.2. The molecule has 3 rings (SSSR count). The van der Waals surface area contributed by atoms with Crippen LogP contribution in [-0.2, 0) is 4.74 Å². The first-order valence-corrected chi connectivity index (χ1v) is 4.90. The van der Waals surface area contributed by atoms with Gasteiger partial charge in [0.25, 0.3) is 0 Å². The fourth-order valence-electron chi connectivity index (χ4n) is 2.02. The van der Waals surface area contributed by atoms with Gasteiger partial charge in [0, 0.05) is 6.42 Å². The van der Waals surface area contributed by atoms with Crippen LogP contribution < -0.4 is 10.3 Å². The third-order valence-electron chi connectivity index (χ3n) is 2.80. The number of halogens is 1. The molecule has 0 aliphatic carbocycles. The molecule has 0 aromatic carbocycles. The Bertz CT molecular complexity index is 489. The van der Waals surface area contributed by atoms with Crippen LogP contribution in [0.5, 0.6) is 6.01 Å². The summed E-state index contributed by atoms with van der Waals surface area (Å²) >= 11 is 0. The van der Waals surface area contributed by atoms with Gasteiger partial charge in [0.15, 0.2) is 0 Å². The number of nitrogens with zero attached hydrogens (tertiary/aromatic N) is 2. The molecular formula is C9H9FN2O4. The summed E-state index contributed by atoms with van der Waals surface area (Å²) in [6, 6.07) is 0.0450. The molecule has 2 unspecified atom stereocenters. The lowest BCUT2D eigenvalue weighted by Crippen LogP contribution is -2.33. The number of aliphatic hydroxyl groups excluding tert-OH is 1. The van der Waals surface area contributed by atoms with Crippen LogP contribution in [0.1, 0.15) is 12.6 Å². The molecule has 1 fully saturated rings. The molecule has 7 heteroatoms. The molecule has 3 atom stereocenters. The van der Waals surface area contributed by atoms with E-state index in [0.29, 0.717) is 6.42 Å². The molecule has 2 aliphatic heterocycles. The minimum atomic E-state index is -0.951. The fraction of sp³-hybridized carbons (Fsp3) is 0.556. The summed E-state index contributed by atoms with van der Waals surface area (Å²) in [7, 11) is 0. The molecule has 0 amide bonds. The van der Waals surface area contributed by atoms with Crippen molar-refractivity contribution in [3.8, 4) is 6.01 Å². The van der Waals surface area contributed by atoms with Crippen LogP contribution in [0.15, 0.2) is 11.0 Å². The third-order valence-corrected chi connectivity index (χ3v) is 2.80. The third kappa shape index (κ3) is 1.25. The molecule has 0 saturated carbocycles. The summed E-state index contributed by atoms with van der Waals surface area (Å²) in [5, 5.41) is 9.03. The SMILES string of the molecule is O=c1nc2n(cc1F)C1CC(O2)[C@H](CO)O1. The highest BCUT2D eigenvalue weighted by Crippen LogP contribution is 2.37. The minimum Gasteiger partial charge on any atom is -0.458 e. The Morgan fingerprint density at radius 3 is 3.25 bits per heavy atom. The molecule has 86 valence electrons. The maximum Gasteiger partial charge on any atom is 0.311 e. The van der Waals surface area contributed by atoms with Crippen molar-refractivity contribution in [1.29, 1.82) is 0 Å². The van der Waals surface area contributed by atoms with Crippen LogP contribution in [0.2, 0.25) is 0 Å². The van der Waals surface area contributed by atoms with E-state index in [1.54, 1.807) is 0 Å². The van der Waals surface area contributed by atoms with Crippen molar-refractivity contribution in [2.45, 2.75) is 24.9 Å². The van der Waals surface area contributed by atoms with Crippen molar-refractivity contribution in [1.82, 2.24) is 9.55 Å². The second-order valence-corrected chi connectivity index (χ2v) is 3.79. The zero-order chi connectivity index (χ0) is 11.3. The highest BCUT2D eigenvalue weighted by Gasteiger charge is 2.42. The maximum absolute atomic E-state index is 13.1. The lowest BCUT2D eigenvalue weighted by molar-refractivity contribution is -0.0249. The first-order valence-electron chi connectivity index (χ1n) is 4.90. The van der Waals surface area contributed by atoms with E-state index in [0.717, 1.165) is 6.20 Å². The summed E-state index contributed by atoms with van der Waals surface area (Å²) in [6.45, 7) is -0.178. The normalized spacial score (nSPS) is 31.0. The van der Waals surface area contributed by atoms with E-state index in [9.17, 15) is 9.18 Å². The van der Waals surface area contributed by atoms with Gasteiger partial charge in [0.05, 0.1) is 12.8 Å². The number of hydrogen-bond acceptors (Lipinski definition) is 5. The first kappa shape index (κ1) is 9.73. The smallest absolute Gasteiger partial charge is 0.311 e. The molecule has 2 aliphatic rings. The van der Waals surface area contributed by atoms with Gasteiger partial charge in [-0.3, -0.25) is 9.36 Å². The molecule has 1 aromatic heterocycles. The number of fused-ring (bicyclic) bond motifs is 4. The molecule has 16 heavy (non-hydrogen) atoms. The number of hydrogen-bond donors (Lipinski definition) is 1. The average Bonchev–Trinajstić information content (AvgIpc) is 2.60. The van der Waals surface area contributed by atoms with Gasteiger partial charge in [0.1, 0.15) is 18.4 Å². The van der Waals surface area contributed by atoms with Gasteiger partial charge in [0.2, 0.25) is 5.82 Å². The average molecular weight is 228 g/mol. The van der Waals surface area contributed by atoms with Crippen molar-refractivity contribution in [2.75, 3.05) is 6.61 Å². The number of aromatic nitrogens is 2. The van der Waals surface area contributed by atoms with E-state index < -0.39 is 23.7 Å². The summed E-state index contributed by atoms with van der Waals surface area (Å²) in [4.78, 5) is 14.5. The molecule has 0 spiro atoms. The molecule has 1 N–H and O–H groups in total. The molecule has 3 heterocycles. The number of rotatable bonds is 1. The largest absolute Gasteiger partial charge is 0.458 e. The highest BCUT2D eigenvalue weighted by molar-refractivity contribution is 5.08. The summed E-state index contributed by atoms with van der Waals surface area (Å²) in [6.07, 6.45) is 0.332. The van der Waals surface area contributed by atoms with Gasteiger partial charge >= 0.3 is 11.6 Å². The van der Waals surface area contributed by atoms with Gasteiger partial charge in [-0.05, 0) is 0 Å². The number of aliphatic hydroxyl groups is 1. The Kier molecular flexibility index (Phi) is 1.98. The van der Waals surface area contributed by atoms with Crippen LogP contribution in [0, 0.1) is 5.82 Å². The molecule has 1 saturated heterocycles. The second-order valence-electron chi connectivity index (χ2n) is 3.79. The lowest BCUT2D eigenvalue weighted by atomic mass is 10.2. The Morgan fingerprint density at radius 2 is 2.50 bits per heavy atom. The van der Waals surface area contributed by atoms with Crippen molar-refractivity contribution in [2.24, 2.45) is 0 Å². The van der Waals surface area contributed by atoms with E-state index in [1.165, 1.54) is 4.57 Å². The number of ether oxygens (including phenoxy) is 2. The van der Waals surface area contributed by atoms with Gasteiger partial charge in [-0.25, -0.2) is 0 Å². The first-order chi connectivity index (χ1) is 7.69. The van der Waals surface area contributed by atoms with Crippen molar-refractivity contribution < 1.29 is 19.0 Å². The standard InChI is InChI=1S/C9H9FN2O4/c10-4-2-12-7-1-5(6(3-13)15-7)16-9(12)11-8(4)14/h2,5-7,13H,1,3H2/t5?,6-,7?/m0/s1. The quantitative estimate of drug-likeness (QED) is 0.696. The highest BCUT2D eigenvalue weighted by atomic mass is 19.1. The van der Waals surface area contributed by atoms with Gasteiger partial charge in [-0.15, -0.1) is 0 Å². The zero-order valence-electron chi connectivity index (χ0n) is 8.17. The minimum absolute atomic E-state index is 0.0450.